The molecule has 0 aliphatic carbocycles. The smallest absolute Gasteiger partial charge is 0.255 e. The first-order valence-corrected chi connectivity index (χ1v) is 10.6. The number of carbonyl (C=O) groups is 1. The number of ether oxygens (including phenoxy) is 2. The van der Waals surface area contributed by atoms with Crippen molar-refractivity contribution in [2.24, 2.45) is 0 Å². The molecule has 0 saturated carbocycles. The van der Waals surface area contributed by atoms with Crippen molar-refractivity contribution in [1.29, 1.82) is 0 Å². The Hall–Kier alpha value is -2.29. The largest absolute Gasteiger partial charge is 0.492 e. The number of fused-ring (bicyclic) bond motifs is 1. The molecule has 7 nitrogen and oxygen atoms in total. The summed E-state index contributed by atoms with van der Waals surface area (Å²) in [7, 11) is -2.52. The fourth-order valence-electron chi connectivity index (χ4n) is 2.97. The number of anilines is 1. The van der Waals surface area contributed by atoms with Crippen molar-refractivity contribution < 1.29 is 22.7 Å². The van der Waals surface area contributed by atoms with Gasteiger partial charge in [-0.2, -0.15) is 0 Å². The van der Waals surface area contributed by atoms with Crippen molar-refractivity contribution in [3.63, 3.8) is 0 Å². The Labute approximate surface area is 169 Å². The molecule has 0 unspecified atom stereocenters. The second-order valence-electron chi connectivity index (χ2n) is 6.33. The van der Waals surface area contributed by atoms with E-state index in [1.807, 2.05) is 19.9 Å². The predicted octanol–water partition coefficient (Wildman–Crippen LogP) is 3.22. The number of hydrogen-bond acceptors (Lipinski definition) is 5. The molecule has 9 heteroatoms. The van der Waals surface area contributed by atoms with Crippen LogP contribution in [0.4, 0.5) is 5.69 Å². The maximum absolute atomic E-state index is 12.7. The van der Waals surface area contributed by atoms with E-state index in [0.717, 1.165) is 12.0 Å². The molecule has 2 N–H and O–H groups in total. The maximum Gasteiger partial charge on any atom is 0.255 e. The number of nitrogens with one attached hydrogen (secondary N) is 2. The predicted molar refractivity (Wildman–Crippen MR) is 107 cm³/mol. The Morgan fingerprint density at radius 3 is 2.75 bits per heavy atom. The number of halogens is 1. The van der Waals surface area contributed by atoms with E-state index in [-0.39, 0.29) is 21.6 Å². The normalized spacial score (nSPS) is 15.6. The summed E-state index contributed by atoms with van der Waals surface area (Å²) < 4.78 is 37.8. The van der Waals surface area contributed by atoms with E-state index in [1.165, 1.54) is 25.2 Å². The number of carbonyl (C=O) groups excluding carboxylic acids is 1. The summed E-state index contributed by atoms with van der Waals surface area (Å²) in [6.45, 7) is 4.26. The molecule has 1 amide bonds. The first-order valence-electron chi connectivity index (χ1n) is 8.76. The highest BCUT2D eigenvalue weighted by atomic mass is 35.5. The molecule has 1 heterocycles. The average molecular weight is 425 g/mol. The van der Waals surface area contributed by atoms with E-state index >= 15 is 0 Å². The van der Waals surface area contributed by atoms with E-state index < -0.39 is 15.9 Å². The Morgan fingerprint density at radius 2 is 2.07 bits per heavy atom. The minimum absolute atomic E-state index is 0.0285. The molecular weight excluding hydrogens is 404 g/mol. The van der Waals surface area contributed by atoms with Crippen LogP contribution in [-0.2, 0) is 16.4 Å². The maximum atomic E-state index is 12.7. The summed E-state index contributed by atoms with van der Waals surface area (Å²) in [5.74, 6) is 0.737. The Morgan fingerprint density at radius 1 is 1.32 bits per heavy atom. The van der Waals surface area contributed by atoms with Gasteiger partial charge < -0.3 is 14.8 Å². The SMILES string of the molecule is CCOc1cc2c(cc1NC(=O)c1ccc(Cl)c(S(=O)(=O)NC)c1)O[C@@H](C)C2. The molecule has 0 radical (unpaired) electrons. The summed E-state index contributed by atoms with van der Waals surface area (Å²) in [5.41, 5.74) is 1.62. The quantitative estimate of drug-likeness (QED) is 0.742. The molecule has 3 rings (SSSR count). The number of rotatable bonds is 6. The monoisotopic (exact) mass is 424 g/mol. The van der Waals surface area contributed by atoms with Crippen LogP contribution in [0.3, 0.4) is 0 Å². The van der Waals surface area contributed by atoms with E-state index in [0.29, 0.717) is 23.8 Å². The van der Waals surface area contributed by atoms with Gasteiger partial charge in [0, 0.05) is 23.6 Å². The van der Waals surface area contributed by atoms with Gasteiger partial charge in [0.15, 0.2) is 0 Å². The number of hydrogen-bond donors (Lipinski definition) is 2. The number of benzene rings is 2. The van der Waals surface area contributed by atoms with Crippen molar-refractivity contribution in [2.75, 3.05) is 19.0 Å². The van der Waals surface area contributed by atoms with E-state index in [2.05, 4.69) is 10.0 Å². The minimum atomic E-state index is -3.80. The molecule has 0 fully saturated rings. The summed E-state index contributed by atoms with van der Waals surface area (Å²) >= 11 is 5.98. The van der Waals surface area contributed by atoms with Gasteiger partial charge in [0.2, 0.25) is 10.0 Å². The first-order chi connectivity index (χ1) is 13.2. The summed E-state index contributed by atoms with van der Waals surface area (Å²) in [4.78, 5) is 12.6. The van der Waals surface area contributed by atoms with Crippen LogP contribution in [0.2, 0.25) is 5.02 Å². The Balaban J connectivity index is 1.94. The zero-order chi connectivity index (χ0) is 20.5. The molecule has 0 bridgehead atoms. The average Bonchev–Trinajstić information content (AvgIpc) is 3.01. The van der Waals surface area contributed by atoms with Gasteiger partial charge in [-0.25, -0.2) is 13.1 Å². The fraction of sp³-hybridized carbons (Fsp3) is 0.316. The van der Waals surface area contributed by atoms with Gasteiger partial charge in [0.1, 0.15) is 22.5 Å². The van der Waals surface area contributed by atoms with Crippen LogP contribution < -0.4 is 19.5 Å². The molecule has 28 heavy (non-hydrogen) atoms. The highest BCUT2D eigenvalue weighted by Crippen LogP contribution is 2.38. The van der Waals surface area contributed by atoms with Gasteiger partial charge in [-0.1, -0.05) is 11.6 Å². The number of sulfonamides is 1. The highest BCUT2D eigenvalue weighted by Gasteiger charge is 2.23. The van der Waals surface area contributed by atoms with E-state index in [1.54, 1.807) is 6.07 Å². The summed E-state index contributed by atoms with van der Waals surface area (Å²) in [6.07, 6.45) is 0.826. The van der Waals surface area contributed by atoms with Crippen LogP contribution in [0.5, 0.6) is 11.5 Å². The molecule has 1 aliphatic heterocycles. The molecule has 0 aromatic heterocycles. The van der Waals surface area contributed by atoms with Gasteiger partial charge in [-0.05, 0) is 45.2 Å². The fourth-order valence-corrected chi connectivity index (χ4v) is 4.22. The molecule has 1 aliphatic rings. The van der Waals surface area contributed by atoms with E-state index in [4.69, 9.17) is 21.1 Å². The van der Waals surface area contributed by atoms with Crippen molar-refractivity contribution in [2.45, 2.75) is 31.3 Å². The van der Waals surface area contributed by atoms with Gasteiger partial charge >= 0.3 is 0 Å². The molecule has 2 aromatic rings. The van der Waals surface area contributed by atoms with Crippen LogP contribution in [0.15, 0.2) is 35.2 Å². The Kier molecular flexibility index (Phi) is 5.83. The lowest BCUT2D eigenvalue weighted by molar-refractivity contribution is 0.102. The lowest BCUT2D eigenvalue weighted by Gasteiger charge is -2.14. The topological polar surface area (TPSA) is 93.7 Å². The molecule has 2 aromatic carbocycles. The van der Waals surface area contributed by atoms with Crippen molar-refractivity contribution in [3.05, 3.63) is 46.5 Å². The first kappa shape index (κ1) is 20.4. The third-order valence-electron chi connectivity index (χ3n) is 4.30. The van der Waals surface area contributed by atoms with Crippen molar-refractivity contribution >= 4 is 33.2 Å². The van der Waals surface area contributed by atoms with Gasteiger partial charge in [-0.3, -0.25) is 4.79 Å². The van der Waals surface area contributed by atoms with Gasteiger partial charge in [0.05, 0.1) is 17.3 Å². The molecule has 0 spiro atoms. The van der Waals surface area contributed by atoms with Crippen LogP contribution >= 0.6 is 11.6 Å². The zero-order valence-electron chi connectivity index (χ0n) is 15.7. The van der Waals surface area contributed by atoms with Crippen LogP contribution in [0.1, 0.15) is 29.8 Å². The van der Waals surface area contributed by atoms with Crippen molar-refractivity contribution in [3.8, 4) is 11.5 Å². The standard InChI is InChI=1S/C19H21ClN2O5S/c1-4-26-17-8-13-7-11(2)27-16(13)10-15(17)22-19(23)12-5-6-14(20)18(9-12)28(24,25)21-3/h5-6,8-11,21H,4,7H2,1-3H3,(H,22,23)/t11-/m0/s1. The van der Waals surface area contributed by atoms with Gasteiger partial charge in [-0.15, -0.1) is 0 Å². The van der Waals surface area contributed by atoms with Crippen LogP contribution in [0.25, 0.3) is 0 Å². The van der Waals surface area contributed by atoms with Crippen molar-refractivity contribution in [1.82, 2.24) is 4.72 Å². The lowest BCUT2D eigenvalue weighted by Crippen LogP contribution is -2.20. The van der Waals surface area contributed by atoms with Gasteiger partial charge in [0.25, 0.3) is 5.91 Å². The van der Waals surface area contributed by atoms with Crippen LogP contribution in [-0.4, -0.2) is 34.1 Å². The van der Waals surface area contributed by atoms with Crippen LogP contribution in [0, 0.1) is 0 Å². The highest BCUT2D eigenvalue weighted by molar-refractivity contribution is 7.89. The molecular formula is C19H21ClN2O5S. The second kappa shape index (κ2) is 7.98. The zero-order valence-corrected chi connectivity index (χ0v) is 17.3. The molecule has 0 saturated heterocycles. The summed E-state index contributed by atoms with van der Waals surface area (Å²) in [5, 5.41) is 2.80. The lowest BCUT2D eigenvalue weighted by atomic mass is 10.1. The summed E-state index contributed by atoms with van der Waals surface area (Å²) in [6, 6.07) is 7.64. The third-order valence-corrected chi connectivity index (χ3v) is 6.19. The van der Waals surface area contributed by atoms with E-state index in [9.17, 15) is 13.2 Å². The number of amides is 1. The minimum Gasteiger partial charge on any atom is -0.492 e. The Bertz CT molecular complexity index is 1020. The molecule has 150 valence electrons. The second-order valence-corrected chi connectivity index (χ2v) is 8.59. The third kappa shape index (κ3) is 4.09. The molecule has 1 atom stereocenters.